The number of carbonyl (C=O) groups excluding carboxylic acids is 3. The summed E-state index contributed by atoms with van der Waals surface area (Å²) in [7, 11) is 0. The zero-order chi connectivity index (χ0) is 50.8. The van der Waals surface area contributed by atoms with Crippen LogP contribution in [0.5, 0.6) is 0 Å². The second-order valence-corrected chi connectivity index (χ2v) is 22.2. The van der Waals surface area contributed by atoms with E-state index in [2.05, 4.69) is 116 Å². The number of hydrogen-bond acceptors (Lipinski definition) is 13. The van der Waals surface area contributed by atoms with Crippen molar-refractivity contribution in [3.63, 3.8) is 0 Å². The maximum atomic E-state index is 13.3. The van der Waals surface area contributed by atoms with E-state index in [9.17, 15) is 19.5 Å². The number of carbonyl (C=O) groups is 3. The molecule has 0 spiro atoms. The topological polar surface area (TPSA) is 188 Å². The van der Waals surface area contributed by atoms with Crippen LogP contribution in [0.15, 0.2) is 74.8 Å². The van der Waals surface area contributed by atoms with E-state index in [0.29, 0.717) is 80.9 Å². The van der Waals surface area contributed by atoms with Gasteiger partial charge in [0.1, 0.15) is 5.60 Å². The summed E-state index contributed by atoms with van der Waals surface area (Å²) >= 11 is 8.79. The minimum Gasteiger partial charge on any atom is -0.444 e. The van der Waals surface area contributed by atoms with E-state index in [0.717, 1.165) is 93.1 Å². The number of β-amino-alcohol motifs (C(OH)–C–C–N with tert-alkyl or cyclic N) is 1. The molecule has 0 aliphatic carbocycles. The monoisotopic (exact) mass is 1130 g/mol. The number of thioether (sulfide) groups is 1. The molecule has 0 radical (unpaired) electrons. The number of aromatic nitrogens is 6. The van der Waals surface area contributed by atoms with Crippen LogP contribution in [0.3, 0.4) is 0 Å². The fraction of sp³-hybridized carbons (Fsp3) is 0.481. The van der Waals surface area contributed by atoms with Gasteiger partial charge in [-0.1, -0.05) is 79.7 Å². The molecule has 1 atom stereocenters. The zero-order valence-electron chi connectivity index (χ0n) is 41.4. The van der Waals surface area contributed by atoms with Crippen LogP contribution < -0.4 is 16.0 Å². The van der Waals surface area contributed by atoms with Gasteiger partial charge in [-0.2, -0.15) is 0 Å². The third kappa shape index (κ3) is 14.3. The zero-order valence-corrected chi connectivity index (χ0v) is 45.4. The number of amides is 3. The van der Waals surface area contributed by atoms with Crippen LogP contribution in [0.2, 0.25) is 0 Å². The number of hydrogen-bond donors (Lipinski definition) is 4. The Morgan fingerprint density at radius 1 is 0.875 bits per heavy atom. The first-order chi connectivity index (χ1) is 34.7. The highest BCUT2D eigenvalue weighted by Gasteiger charge is 2.27. The number of piperidine rings is 1. The van der Waals surface area contributed by atoms with Crippen LogP contribution >= 0.6 is 43.6 Å². The molecule has 17 nitrogen and oxygen atoms in total. The Morgan fingerprint density at radius 3 is 2.24 bits per heavy atom. The largest absolute Gasteiger partial charge is 0.444 e. The van der Waals surface area contributed by atoms with Crippen LogP contribution in [-0.2, 0) is 27.4 Å². The molecule has 3 amide bonds. The number of nitrogens with zero attached hydrogens (tertiary/aromatic N) is 9. The second-order valence-electron chi connectivity index (χ2n) is 19.3. The van der Waals surface area contributed by atoms with Crippen LogP contribution in [0.4, 0.5) is 10.6 Å². The minimum atomic E-state index is -0.578. The van der Waals surface area contributed by atoms with E-state index in [-0.39, 0.29) is 24.3 Å². The highest BCUT2D eigenvalue weighted by atomic mass is 79.9. The van der Waals surface area contributed by atoms with Gasteiger partial charge >= 0.3 is 6.09 Å². The van der Waals surface area contributed by atoms with Crippen molar-refractivity contribution >= 4 is 100 Å². The van der Waals surface area contributed by atoms with Crippen molar-refractivity contribution in [2.24, 2.45) is 5.92 Å². The van der Waals surface area contributed by atoms with Crippen LogP contribution in [0.25, 0.3) is 33.0 Å². The molecule has 1 unspecified atom stereocenters. The first-order valence-electron chi connectivity index (χ1n) is 24.8. The number of benzene rings is 3. The van der Waals surface area contributed by atoms with Crippen LogP contribution in [-0.4, -0.2) is 157 Å². The Balaban J connectivity index is 0.725. The smallest absolute Gasteiger partial charge is 0.407 e. The normalized spacial score (nSPS) is 15.4. The van der Waals surface area contributed by atoms with E-state index in [1.807, 2.05) is 62.1 Å². The van der Waals surface area contributed by atoms with Gasteiger partial charge in [-0.25, -0.2) is 19.4 Å². The van der Waals surface area contributed by atoms with E-state index in [1.54, 1.807) is 16.4 Å². The number of fused-ring (bicyclic) bond motifs is 4. The van der Waals surface area contributed by atoms with E-state index in [1.165, 1.54) is 0 Å². The van der Waals surface area contributed by atoms with Crippen molar-refractivity contribution in [3.8, 4) is 11.8 Å². The summed E-state index contributed by atoms with van der Waals surface area (Å²) < 4.78 is 11.3. The predicted octanol–water partition coefficient (Wildman–Crippen LogP) is 7.12. The summed E-state index contributed by atoms with van der Waals surface area (Å²) in [5.41, 5.74) is 4.59. The molecule has 72 heavy (non-hydrogen) atoms. The molecule has 8 rings (SSSR count). The lowest BCUT2D eigenvalue weighted by molar-refractivity contribution is -0.134. The molecule has 2 aliphatic heterocycles. The molecule has 4 N–H and O–H groups in total. The average molecular weight is 1130 g/mol. The van der Waals surface area contributed by atoms with Crippen molar-refractivity contribution in [2.45, 2.75) is 83.3 Å². The summed E-state index contributed by atoms with van der Waals surface area (Å²) in [6.07, 6.45) is 1.88. The molecule has 2 aliphatic rings. The number of halogens is 2. The Morgan fingerprint density at radius 2 is 1.57 bits per heavy atom. The van der Waals surface area contributed by atoms with Gasteiger partial charge in [0.05, 0.1) is 25.7 Å². The van der Waals surface area contributed by atoms with Gasteiger partial charge in [0.15, 0.2) is 22.1 Å². The maximum absolute atomic E-state index is 13.3. The number of alkyl carbamates (subject to hydrolysis) is 1. The summed E-state index contributed by atoms with van der Waals surface area (Å²) in [5.74, 6) is 7.78. The van der Waals surface area contributed by atoms with Gasteiger partial charge < -0.3 is 40.2 Å². The highest BCUT2D eigenvalue weighted by molar-refractivity contribution is 9.10. The maximum Gasteiger partial charge on any atom is 0.407 e. The quantitative estimate of drug-likeness (QED) is 0.0295. The lowest BCUT2D eigenvalue weighted by Crippen LogP contribution is -2.51. The van der Waals surface area contributed by atoms with Gasteiger partial charge in [0, 0.05) is 107 Å². The van der Waals surface area contributed by atoms with Crippen molar-refractivity contribution < 1.29 is 24.2 Å². The van der Waals surface area contributed by atoms with Gasteiger partial charge in [0.2, 0.25) is 11.8 Å². The summed E-state index contributed by atoms with van der Waals surface area (Å²) in [6, 6.07) is 20.4. The molecule has 5 heterocycles. The van der Waals surface area contributed by atoms with Gasteiger partial charge in [-0.3, -0.25) is 14.5 Å². The molecule has 382 valence electrons. The fourth-order valence-electron chi connectivity index (χ4n) is 9.09. The molecule has 20 heteroatoms. The SMILES string of the molecule is CCCSc1nc(NCCNC(=O)OC(C)(C)C)c2nnn(Cc3ccc(C#CCNC(=O)C4CCN(CCC(=O)N5CCN(CC(O)Cn6c7ccc(Br)cc7c7cc(Br)ccc76)CC5)CC4)cc3)c2n1. The summed E-state index contributed by atoms with van der Waals surface area (Å²) in [4.78, 5) is 54.4. The summed E-state index contributed by atoms with van der Waals surface area (Å²) in [6.45, 7) is 15.0. The van der Waals surface area contributed by atoms with Crippen LogP contribution in [0, 0.1) is 17.8 Å². The molecule has 2 fully saturated rings. The number of rotatable bonds is 18. The molecular formula is C52H64Br2N12O5S. The minimum absolute atomic E-state index is 0.0193. The molecule has 0 bridgehead atoms. The molecule has 2 saturated heterocycles. The molecule has 3 aromatic heterocycles. The lowest BCUT2D eigenvalue weighted by atomic mass is 9.96. The number of anilines is 1. The lowest BCUT2D eigenvalue weighted by Gasteiger charge is -2.36. The average Bonchev–Trinajstić information content (AvgIpc) is 3.89. The third-order valence-corrected chi connectivity index (χ3v) is 14.7. The van der Waals surface area contributed by atoms with Crippen molar-refractivity contribution in [1.82, 2.24) is 54.9 Å². The first-order valence-corrected chi connectivity index (χ1v) is 27.3. The Labute approximate surface area is 441 Å². The molecule has 0 saturated carbocycles. The number of ether oxygens (including phenoxy) is 1. The predicted molar refractivity (Wildman–Crippen MR) is 290 cm³/mol. The van der Waals surface area contributed by atoms with Crippen molar-refractivity contribution in [2.75, 3.05) is 83.1 Å². The van der Waals surface area contributed by atoms with Crippen LogP contribution in [0.1, 0.15) is 64.5 Å². The van der Waals surface area contributed by atoms with E-state index in [4.69, 9.17) is 14.7 Å². The first kappa shape index (κ1) is 53.0. The molecular weight excluding hydrogens is 1060 g/mol. The Bertz CT molecular complexity index is 2860. The number of aliphatic hydroxyl groups is 1. The number of aliphatic hydroxyl groups excluding tert-OH is 1. The Hall–Kier alpha value is -5.30. The van der Waals surface area contributed by atoms with E-state index < -0.39 is 17.8 Å². The highest BCUT2D eigenvalue weighted by Crippen LogP contribution is 2.33. The molecule has 6 aromatic rings. The number of likely N-dealkylation sites (tertiary alicyclic amines) is 1. The summed E-state index contributed by atoms with van der Waals surface area (Å²) in [5, 5.41) is 32.0. The van der Waals surface area contributed by atoms with Gasteiger partial charge in [-0.05, 0) is 107 Å². The van der Waals surface area contributed by atoms with Gasteiger partial charge in [-0.15, -0.1) is 5.10 Å². The third-order valence-electron chi connectivity index (χ3n) is 12.7. The number of piperazine rings is 1. The van der Waals surface area contributed by atoms with Gasteiger partial charge in [0.25, 0.3) is 0 Å². The van der Waals surface area contributed by atoms with Crippen molar-refractivity contribution in [3.05, 3.63) is 80.7 Å². The Kier molecular flexibility index (Phi) is 18.1. The molecule has 3 aromatic carbocycles. The van der Waals surface area contributed by atoms with E-state index >= 15 is 0 Å². The second kappa shape index (κ2) is 24.6. The number of nitrogens with one attached hydrogen (secondary N) is 3. The fourth-order valence-corrected chi connectivity index (χ4v) is 10.5. The van der Waals surface area contributed by atoms with Crippen molar-refractivity contribution in [1.29, 1.82) is 0 Å². The standard InChI is InChI=1S/C52H64Br2N12O5S/c1-5-29-72-50-58-47(55-20-21-57-51(70)71-52(2,3)4)46-48(59-50)66(61-60-46)32-36-10-8-35(9-11-36)7-6-19-56-49(69)37-16-22-62(23-17-37)24-18-45(68)64-27-25-63(26-28-64)33-40(67)34-65-43-14-12-38(53)30-41(43)42-31-39(54)13-15-44(42)65/h8-15,30-31,37,40,67H,5,16-29,32-34H2,1-4H3,(H,56,69)(H,57,70)(H,55,58,59).